The number of aliphatic hydroxyl groups excluding tert-OH is 1. The fourth-order valence-electron chi connectivity index (χ4n) is 1.64. The molecule has 0 aliphatic carbocycles. The quantitative estimate of drug-likeness (QED) is 0.781. The molecule has 0 radical (unpaired) electrons. The maximum Gasteiger partial charge on any atom is 0.242 e. The summed E-state index contributed by atoms with van der Waals surface area (Å²) in [5.74, 6) is 5.77. The number of hydrogen-bond acceptors (Lipinski definition) is 4. The number of aromatic nitrogens is 1. The summed E-state index contributed by atoms with van der Waals surface area (Å²) in [6.07, 6.45) is 4.05. The van der Waals surface area contributed by atoms with E-state index in [0.29, 0.717) is 12.0 Å². The van der Waals surface area contributed by atoms with Crippen LogP contribution in [0.5, 0.6) is 0 Å². The maximum atomic E-state index is 12.3. The summed E-state index contributed by atoms with van der Waals surface area (Å²) in [4.78, 5) is 4.02. The first-order valence-corrected chi connectivity index (χ1v) is 8.46. The first-order chi connectivity index (χ1) is 9.90. The molecule has 0 saturated heterocycles. The average Bonchev–Trinajstić information content (AvgIpc) is 2.46. The van der Waals surface area contributed by atoms with Crippen molar-refractivity contribution in [1.29, 1.82) is 0 Å². The lowest BCUT2D eigenvalue weighted by molar-refractivity contribution is 0.305. The van der Waals surface area contributed by atoms with E-state index < -0.39 is 10.0 Å². The van der Waals surface area contributed by atoms with E-state index in [1.54, 1.807) is 0 Å². The summed E-state index contributed by atoms with van der Waals surface area (Å²) in [6, 6.07) is 1.34. The van der Waals surface area contributed by atoms with Gasteiger partial charge in [0.2, 0.25) is 10.0 Å². The van der Waals surface area contributed by atoms with Gasteiger partial charge in [-0.3, -0.25) is 4.98 Å². The van der Waals surface area contributed by atoms with Crippen LogP contribution < -0.4 is 4.72 Å². The molecule has 5 nitrogen and oxygen atoms in total. The van der Waals surface area contributed by atoms with Gasteiger partial charge in [0, 0.05) is 30.4 Å². The minimum atomic E-state index is -3.60. The van der Waals surface area contributed by atoms with Crippen LogP contribution in [0.3, 0.4) is 0 Å². The number of aliphatic hydroxyl groups is 1. The van der Waals surface area contributed by atoms with Crippen molar-refractivity contribution < 1.29 is 13.5 Å². The molecule has 0 saturated carbocycles. The van der Waals surface area contributed by atoms with Crippen molar-refractivity contribution in [1.82, 2.24) is 9.71 Å². The van der Waals surface area contributed by atoms with E-state index in [1.807, 2.05) is 20.8 Å². The second kappa shape index (κ2) is 8.13. The number of hydrogen-bond donors (Lipinski definition) is 2. The molecule has 0 bridgehead atoms. The molecule has 0 fully saturated rings. The van der Waals surface area contributed by atoms with Gasteiger partial charge in [-0.05, 0) is 18.9 Å². The molecule has 2 atom stereocenters. The van der Waals surface area contributed by atoms with Crippen LogP contribution >= 0.6 is 0 Å². The third-order valence-electron chi connectivity index (χ3n) is 3.33. The maximum absolute atomic E-state index is 12.3. The molecule has 1 aromatic heterocycles. The number of sulfonamides is 1. The molecule has 21 heavy (non-hydrogen) atoms. The highest BCUT2D eigenvalue weighted by Gasteiger charge is 2.20. The predicted molar refractivity (Wildman–Crippen MR) is 82.1 cm³/mol. The first-order valence-electron chi connectivity index (χ1n) is 6.97. The fourth-order valence-corrected chi connectivity index (χ4v) is 2.98. The Morgan fingerprint density at radius 3 is 2.71 bits per heavy atom. The van der Waals surface area contributed by atoms with E-state index in [1.165, 1.54) is 18.5 Å². The predicted octanol–water partition coefficient (Wildman–Crippen LogP) is 1.53. The molecule has 0 aromatic carbocycles. The van der Waals surface area contributed by atoms with Crippen molar-refractivity contribution in [3.63, 3.8) is 0 Å². The second-order valence-corrected chi connectivity index (χ2v) is 6.69. The van der Waals surface area contributed by atoms with E-state index in [4.69, 9.17) is 5.11 Å². The smallest absolute Gasteiger partial charge is 0.242 e. The van der Waals surface area contributed by atoms with E-state index in [9.17, 15) is 8.42 Å². The molecule has 116 valence electrons. The highest BCUT2D eigenvalue weighted by Crippen LogP contribution is 2.13. The first kappa shape index (κ1) is 17.6. The van der Waals surface area contributed by atoms with Gasteiger partial charge >= 0.3 is 0 Å². The Morgan fingerprint density at radius 2 is 2.10 bits per heavy atom. The molecule has 1 heterocycles. The summed E-state index contributed by atoms with van der Waals surface area (Å²) in [7, 11) is -3.60. The Balaban J connectivity index is 2.94. The van der Waals surface area contributed by atoms with Gasteiger partial charge in [0.25, 0.3) is 0 Å². The highest BCUT2D eigenvalue weighted by molar-refractivity contribution is 7.89. The normalized spacial score (nSPS) is 14.1. The van der Waals surface area contributed by atoms with Crippen molar-refractivity contribution in [3.8, 4) is 11.8 Å². The minimum absolute atomic E-state index is 0.0214. The third kappa shape index (κ3) is 5.46. The SMILES string of the molecule is CCC(C)C(C)NS(=O)(=O)c1cncc(C#CCCO)c1. The number of pyridine rings is 1. The summed E-state index contributed by atoms with van der Waals surface area (Å²) in [6.45, 7) is 5.85. The monoisotopic (exact) mass is 310 g/mol. The van der Waals surface area contributed by atoms with Crippen LogP contribution in [-0.4, -0.2) is 31.2 Å². The Bertz CT molecular complexity index is 617. The van der Waals surface area contributed by atoms with Gasteiger partial charge in [-0.15, -0.1) is 0 Å². The Hall–Kier alpha value is -1.42. The lowest BCUT2D eigenvalue weighted by Crippen LogP contribution is -2.36. The van der Waals surface area contributed by atoms with Crippen LogP contribution in [0, 0.1) is 17.8 Å². The summed E-state index contributed by atoms with van der Waals surface area (Å²) in [5.41, 5.74) is 0.516. The molecule has 6 heteroatoms. The van der Waals surface area contributed by atoms with Crippen LogP contribution in [0.4, 0.5) is 0 Å². The number of nitrogens with zero attached hydrogens (tertiary/aromatic N) is 1. The van der Waals surface area contributed by atoms with E-state index in [-0.39, 0.29) is 23.5 Å². The van der Waals surface area contributed by atoms with E-state index in [0.717, 1.165) is 6.42 Å². The number of rotatable bonds is 6. The third-order valence-corrected chi connectivity index (χ3v) is 4.86. The molecule has 2 N–H and O–H groups in total. The van der Waals surface area contributed by atoms with E-state index >= 15 is 0 Å². The van der Waals surface area contributed by atoms with E-state index in [2.05, 4.69) is 21.5 Å². The molecule has 0 aliphatic rings. The van der Waals surface area contributed by atoms with Crippen molar-refractivity contribution >= 4 is 10.0 Å². The molecule has 0 amide bonds. The standard InChI is InChI=1S/C15H22N2O3S/c1-4-12(2)13(3)17-21(19,20)15-9-14(10-16-11-15)7-5-6-8-18/h9-13,17-18H,4,6,8H2,1-3H3. The van der Waals surface area contributed by atoms with Gasteiger partial charge in [0.1, 0.15) is 4.90 Å². The Kier molecular flexibility index (Phi) is 6.82. The highest BCUT2D eigenvalue weighted by atomic mass is 32.2. The summed E-state index contributed by atoms with van der Waals surface area (Å²) in [5, 5.41) is 8.68. The zero-order valence-corrected chi connectivity index (χ0v) is 13.4. The number of nitrogens with one attached hydrogen (secondary N) is 1. The van der Waals surface area contributed by atoms with Crippen LogP contribution in [0.15, 0.2) is 23.4 Å². The van der Waals surface area contributed by atoms with Gasteiger partial charge in [-0.25, -0.2) is 13.1 Å². The largest absolute Gasteiger partial charge is 0.395 e. The fraction of sp³-hybridized carbons (Fsp3) is 0.533. The Morgan fingerprint density at radius 1 is 1.38 bits per heavy atom. The molecule has 1 aromatic rings. The summed E-state index contributed by atoms with van der Waals surface area (Å²) >= 11 is 0. The molecule has 0 aliphatic heterocycles. The van der Waals surface area contributed by atoms with Gasteiger partial charge in [0.15, 0.2) is 0 Å². The zero-order valence-electron chi connectivity index (χ0n) is 12.6. The average molecular weight is 310 g/mol. The molecule has 0 spiro atoms. The molecule has 1 rings (SSSR count). The lowest BCUT2D eigenvalue weighted by atomic mass is 10.0. The van der Waals surface area contributed by atoms with Gasteiger partial charge in [0.05, 0.1) is 6.61 Å². The van der Waals surface area contributed by atoms with Crippen LogP contribution in [0.1, 0.15) is 39.2 Å². The van der Waals surface area contributed by atoms with Gasteiger partial charge in [-0.1, -0.05) is 32.1 Å². The molecular formula is C15H22N2O3S. The minimum Gasteiger partial charge on any atom is -0.395 e. The second-order valence-electron chi connectivity index (χ2n) is 4.98. The van der Waals surface area contributed by atoms with Gasteiger partial charge in [-0.2, -0.15) is 0 Å². The van der Waals surface area contributed by atoms with Crippen molar-refractivity contribution in [2.24, 2.45) is 5.92 Å². The molecule has 2 unspecified atom stereocenters. The van der Waals surface area contributed by atoms with Crippen molar-refractivity contribution in [3.05, 3.63) is 24.0 Å². The molecular weight excluding hydrogens is 288 g/mol. The van der Waals surface area contributed by atoms with Crippen molar-refractivity contribution in [2.75, 3.05) is 6.61 Å². The summed E-state index contributed by atoms with van der Waals surface area (Å²) < 4.78 is 27.3. The lowest BCUT2D eigenvalue weighted by Gasteiger charge is -2.19. The van der Waals surface area contributed by atoms with Crippen LogP contribution in [0.25, 0.3) is 0 Å². The van der Waals surface area contributed by atoms with Gasteiger partial charge < -0.3 is 5.11 Å². The van der Waals surface area contributed by atoms with Crippen molar-refractivity contribution in [2.45, 2.75) is 44.6 Å². The van der Waals surface area contributed by atoms with Crippen LogP contribution in [0.2, 0.25) is 0 Å². The Labute approximate surface area is 126 Å². The topological polar surface area (TPSA) is 79.3 Å². The zero-order chi connectivity index (χ0) is 15.9. The van der Waals surface area contributed by atoms with Crippen LogP contribution in [-0.2, 0) is 10.0 Å².